The number of fused-ring (bicyclic) bond motifs is 1. The molecule has 3 unspecified atom stereocenters. The van der Waals surface area contributed by atoms with E-state index >= 15 is 0 Å². The molecule has 82 valence electrons. The minimum atomic E-state index is -1.25. The first-order valence-electron chi connectivity index (χ1n) is 4.69. The third-order valence-electron chi connectivity index (χ3n) is 3.01. The van der Waals surface area contributed by atoms with E-state index < -0.39 is 12.0 Å². The van der Waals surface area contributed by atoms with E-state index in [0.717, 1.165) is 0 Å². The summed E-state index contributed by atoms with van der Waals surface area (Å²) in [5.41, 5.74) is 0. The van der Waals surface area contributed by atoms with Crippen LogP contribution < -0.4 is 0 Å². The molecule has 2 aliphatic heterocycles. The highest BCUT2D eigenvalue weighted by Gasteiger charge is 2.60. The summed E-state index contributed by atoms with van der Waals surface area (Å²) in [6, 6.07) is -1.84. The average Bonchev–Trinajstić information content (AvgIpc) is 2.38. The highest BCUT2D eigenvalue weighted by Crippen LogP contribution is 2.35. The molecule has 0 aromatic carbocycles. The van der Waals surface area contributed by atoms with E-state index in [4.69, 9.17) is 5.11 Å². The van der Waals surface area contributed by atoms with Gasteiger partial charge in [-0.05, 0) is 14.1 Å². The molecule has 3 atom stereocenters. The second-order valence-electron chi connectivity index (χ2n) is 4.13. The normalized spacial score (nSPS) is 34.3. The molecule has 2 rings (SSSR count). The number of amides is 1. The molecule has 2 fully saturated rings. The molecule has 6 heteroatoms. The quantitative estimate of drug-likeness (QED) is 0.447. The molecular weight excluding hydrogens is 200 g/mol. The van der Waals surface area contributed by atoms with Crippen molar-refractivity contribution in [2.45, 2.75) is 24.5 Å². The number of nitrogens with zero attached hydrogens (tertiary/aromatic N) is 2. The van der Waals surface area contributed by atoms with E-state index in [9.17, 15) is 14.4 Å². The highest BCUT2D eigenvalue weighted by atomic mass is 16.4. The summed E-state index contributed by atoms with van der Waals surface area (Å²) in [6.07, 6.45) is 0.158. The minimum absolute atomic E-state index is 0.158. The Bertz CT molecular complexity index is 352. The van der Waals surface area contributed by atoms with Crippen LogP contribution in [0, 0.1) is 0 Å². The fraction of sp³-hybridized carbons (Fsp3) is 0.667. The minimum Gasteiger partial charge on any atom is -0.479 e. The maximum Gasteiger partial charge on any atom is 0.334 e. The van der Waals surface area contributed by atoms with E-state index in [2.05, 4.69) is 0 Å². The van der Waals surface area contributed by atoms with Gasteiger partial charge in [0.1, 0.15) is 6.04 Å². The van der Waals surface area contributed by atoms with Gasteiger partial charge in [-0.1, -0.05) is 0 Å². The number of hydrogen-bond donors (Lipinski definition) is 1. The summed E-state index contributed by atoms with van der Waals surface area (Å²) in [5, 5.41) is 8.82. The van der Waals surface area contributed by atoms with Gasteiger partial charge in [-0.15, -0.1) is 0 Å². The molecule has 2 saturated heterocycles. The topological polar surface area (TPSA) is 77.9 Å². The number of carboxylic acid groups (broad SMARTS) is 1. The lowest BCUT2D eigenvalue weighted by Gasteiger charge is -2.46. The van der Waals surface area contributed by atoms with Crippen molar-refractivity contribution in [3.05, 3.63) is 0 Å². The van der Waals surface area contributed by atoms with E-state index in [-0.39, 0.29) is 30.2 Å². The number of carboxylic acids is 1. The van der Waals surface area contributed by atoms with Crippen LogP contribution in [0.15, 0.2) is 0 Å². The Labute approximate surface area is 86.4 Å². The van der Waals surface area contributed by atoms with Crippen molar-refractivity contribution in [2.75, 3.05) is 14.1 Å². The maximum atomic E-state index is 11.6. The van der Waals surface area contributed by atoms with Crippen molar-refractivity contribution >= 4 is 17.7 Å². The Hall–Kier alpha value is -1.43. The molecule has 2 aliphatic rings. The van der Waals surface area contributed by atoms with Gasteiger partial charge in [-0.3, -0.25) is 14.5 Å². The number of β-lactam (4-membered cyclic amide) rings is 1. The van der Waals surface area contributed by atoms with Crippen molar-refractivity contribution in [1.82, 2.24) is 9.80 Å². The van der Waals surface area contributed by atoms with Crippen LogP contribution >= 0.6 is 0 Å². The number of aliphatic carboxylic acids is 1. The molecule has 0 aromatic heterocycles. The molecule has 2 heterocycles. The lowest BCUT2D eigenvalue weighted by Crippen LogP contribution is -2.69. The predicted octanol–water partition coefficient (Wildman–Crippen LogP) is -1.45. The van der Waals surface area contributed by atoms with Crippen LogP contribution in [-0.4, -0.2) is 64.8 Å². The molecule has 0 aliphatic carbocycles. The van der Waals surface area contributed by atoms with Crippen molar-refractivity contribution in [2.24, 2.45) is 0 Å². The highest BCUT2D eigenvalue weighted by molar-refractivity contribution is 6.11. The molecule has 0 aromatic rings. The molecule has 0 saturated carbocycles. The zero-order valence-electron chi connectivity index (χ0n) is 8.51. The summed E-state index contributed by atoms with van der Waals surface area (Å²) >= 11 is 0. The van der Waals surface area contributed by atoms with Crippen molar-refractivity contribution in [3.8, 4) is 0 Å². The number of likely N-dealkylation sites (N-methyl/N-ethyl adjacent to an activating group) is 1. The van der Waals surface area contributed by atoms with Crippen LogP contribution in [0.3, 0.4) is 0 Å². The number of hydrogen-bond acceptors (Lipinski definition) is 4. The first-order chi connectivity index (χ1) is 6.95. The fourth-order valence-corrected chi connectivity index (χ4v) is 2.37. The van der Waals surface area contributed by atoms with E-state index in [1.165, 1.54) is 4.90 Å². The molecule has 0 bridgehead atoms. The summed E-state index contributed by atoms with van der Waals surface area (Å²) in [6.45, 7) is 0. The Morgan fingerprint density at radius 3 is 2.53 bits per heavy atom. The number of carbonyl (C=O) groups excluding carboxylic acids is 2. The fourth-order valence-electron chi connectivity index (χ4n) is 2.37. The SMILES string of the molecule is CN(C)C1C(=O)N2C(C(=O)O)C(=O)CC12. The van der Waals surface area contributed by atoms with Gasteiger partial charge in [-0.2, -0.15) is 0 Å². The van der Waals surface area contributed by atoms with Crippen LogP contribution in [0.4, 0.5) is 0 Å². The number of carbonyl (C=O) groups is 3. The van der Waals surface area contributed by atoms with Gasteiger partial charge in [-0.25, -0.2) is 4.79 Å². The van der Waals surface area contributed by atoms with Gasteiger partial charge in [0.2, 0.25) is 5.91 Å². The van der Waals surface area contributed by atoms with Gasteiger partial charge in [0, 0.05) is 6.42 Å². The van der Waals surface area contributed by atoms with Crippen LogP contribution in [0.2, 0.25) is 0 Å². The molecule has 0 radical (unpaired) electrons. The zero-order chi connectivity index (χ0) is 11.3. The standard InChI is InChI=1S/C9H12N2O4/c1-10(2)6-4-3-5(12)7(9(14)15)11(4)8(6)13/h4,6-7H,3H2,1-2H3,(H,14,15). The van der Waals surface area contributed by atoms with Crippen LogP contribution in [-0.2, 0) is 14.4 Å². The van der Waals surface area contributed by atoms with Crippen molar-refractivity contribution in [1.29, 1.82) is 0 Å². The van der Waals surface area contributed by atoms with Crippen LogP contribution in [0.5, 0.6) is 0 Å². The number of Topliss-reactive ketones (excluding diaryl/α,β-unsaturated/α-hetero) is 1. The molecule has 1 N–H and O–H groups in total. The van der Waals surface area contributed by atoms with Gasteiger partial charge < -0.3 is 10.0 Å². The first kappa shape index (κ1) is 10.1. The van der Waals surface area contributed by atoms with E-state index in [1.54, 1.807) is 19.0 Å². The van der Waals surface area contributed by atoms with Crippen LogP contribution in [0.25, 0.3) is 0 Å². The first-order valence-corrected chi connectivity index (χ1v) is 4.69. The Morgan fingerprint density at radius 1 is 1.47 bits per heavy atom. The van der Waals surface area contributed by atoms with E-state index in [0.29, 0.717) is 0 Å². The molecule has 1 amide bonds. The molecule has 6 nitrogen and oxygen atoms in total. The molecular formula is C9H12N2O4. The Kier molecular flexibility index (Phi) is 2.04. The second kappa shape index (κ2) is 3.03. The smallest absolute Gasteiger partial charge is 0.334 e. The molecule has 15 heavy (non-hydrogen) atoms. The van der Waals surface area contributed by atoms with Crippen LogP contribution in [0.1, 0.15) is 6.42 Å². The zero-order valence-corrected chi connectivity index (χ0v) is 8.51. The summed E-state index contributed by atoms with van der Waals surface area (Å²) in [7, 11) is 3.50. The summed E-state index contributed by atoms with van der Waals surface area (Å²) in [4.78, 5) is 36.7. The van der Waals surface area contributed by atoms with Gasteiger partial charge in [0.05, 0.1) is 6.04 Å². The predicted molar refractivity (Wildman–Crippen MR) is 49.2 cm³/mol. The van der Waals surface area contributed by atoms with Crippen molar-refractivity contribution in [3.63, 3.8) is 0 Å². The van der Waals surface area contributed by atoms with Crippen molar-refractivity contribution < 1.29 is 19.5 Å². The van der Waals surface area contributed by atoms with Gasteiger partial charge >= 0.3 is 5.97 Å². The second-order valence-corrected chi connectivity index (χ2v) is 4.13. The Morgan fingerprint density at radius 2 is 2.07 bits per heavy atom. The third-order valence-corrected chi connectivity index (χ3v) is 3.01. The molecule has 0 spiro atoms. The number of rotatable bonds is 2. The monoisotopic (exact) mass is 212 g/mol. The van der Waals surface area contributed by atoms with E-state index in [1.807, 2.05) is 0 Å². The largest absolute Gasteiger partial charge is 0.479 e. The Balaban J connectivity index is 2.23. The lowest BCUT2D eigenvalue weighted by atomic mass is 9.95. The lowest BCUT2D eigenvalue weighted by molar-refractivity contribution is -0.165. The summed E-state index contributed by atoms with van der Waals surface area (Å²) in [5.74, 6) is -1.86. The maximum absolute atomic E-state index is 11.6. The van der Waals surface area contributed by atoms with Gasteiger partial charge in [0.25, 0.3) is 0 Å². The number of ketones is 1. The third kappa shape index (κ3) is 1.18. The average molecular weight is 212 g/mol. The summed E-state index contributed by atoms with van der Waals surface area (Å²) < 4.78 is 0. The van der Waals surface area contributed by atoms with Gasteiger partial charge in [0.15, 0.2) is 11.8 Å².